The summed E-state index contributed by atoms with van der Waals surface area (Å²) in [7, 11) is -3.68. The van der Waals surface area contributed by atoms with E-state index in [2.05, 4.69) is 11.1 Å². The Labute approximate surface area is 194 Å². The quantitative estimate of drug-likeness (QED) is 0.322. The van der Waals surface area contributed by atoms with Gasteiger partial charge in [-0.1, -0.05) is 84.9 Å². The fourth-order valence-electron chi connectivity index (χ4n) is 4.39. The predicted molar refractivity (Wildman–Crippen MR) is 135 cm³/mol. The van der Waals surface area contributed by atoms with Gasteiger partial charge >= 0.3 is 0 Å². The average molecular weight is 455 g/mol. The Morgan fingerprint density at radius 2 is 1.33 bits per heavy atom. The van der Waals surface area contributed by atoms with Crippen LogP contribution in [-0.4, -0.2) is 30.8 Å². The molecule has 0 atom stereocenters. The fourth-order valence-corrected chi connectivity index (χ4v) is 6.05. The van der Waals surface area contributed by atoms with Gasteiger partial charge in [-0.25, -0.2) is 8.42 Å². The van der Waals surface area contributed by atoms with Gasteiger partial charge in [0, 0.05) is 35.6 Å². The topological polar surface area (TPSA) is 53.2 Å². The lowest BCUT2D eigenvalue weighted by Gasteiger charge is -2.23. The lowest BCUT2D eigenvalue weighted by molar-refractivity contribution is 0.418. The van der Waals surface area contributed by atoms with Gasteiger partial charge in [0.05, 0.1) is 4.90 Å². The summed E-state index contributed by atoms with van der Waals surface area (Å²) in [6.07, 6.45) is 3.30. The molecule has 0 radical (unpaired) electrons. The number of para-hydroxylation sites is 1. The van der Waals surface area contributed by atoms with Crippen LogP contribution in [0.25, 0.3) is 21.7 Å². The number of aromatic nitrogens is 1. The first-order chi connectivity index (χ1) is 16.1. The Morgan fingerprint density at radius 3 is 2.18 bits per heavy atom. The number of nitrogens with zero attached hydrogens (tertiary/aromatic N) is 1. The molecule has 0 aliphatic rings. The lowest BCUT2D eigenvalue weighted by atomic mass is 10.1. The summed E-state index contributed by atoms with van der Waals surface area (Å²) in [6, 6.07) is 31.3. The summed E-state index contributed by atoms with van der Waals surface area (Å²) in [4.78, 5) is 3.66. The van der Waals surface area contributed by atoms with E-state index >= 15 is 0 Å². The van der Waals surface area contributed by atoms with Crippen LogP contribution >= 0.6 is 0 Å². The molecule has 1 aromatic heterocycles. The van der Waals surface area contributed by atoms with Gasteiger partial charge in [0.15, 0.2) is 0 Å². The first-order valence-corrected chi connectivity index (χ1v) is 12.6. The minimum Gasteiger partial charge on any atom is -0.361 e. The van der Waals surface area contributed by atoms with Crippen LogP contribution in [0, 0.1) is 0 Å². The van der Waals surface area contributed by atoms with E-state index in [1.807, 2.05) is 91.1 Å². The van der Waals surface area contributed by atoms with Crippen molar-refractivity contribution in [3.05, 3.63) is 114 Å². The molecule has 0 spiro atoms. The molecule has 0 saturated heterocycles. The second-order valence-electron chi connectivity index (χ2n) is 8.23. The third-order valence-corrected chi connectivity index (χ3v) is 8.12. The largest absolute Gasteiger partial charge is 0.361 e. The molecular weight excluding hydrogens is 428 g/mol. The second kappa shape index (κ2) is 9.22. The van der Waals surface area contributed by atoms with Crippen LogP contribution in [0.4, 0.5) is 0 Å². The number of sulfonamides is 1. The Morgan fingerprint density at radius 1 is 0.667 bits per heavy atom. The molecule has 0 saturated carbocycles. The van der Waals surface area contributed by atoms with Crippen LogP contribution in [-0.2, 0) is 22.9 Å². The highest BCUT2D eigenvalue weighted by Gasteiger charge is 2.26. The molecule has 0 bridgehead atoms. The van der Waals surface area contributed by atoms with E-state index in [1.54, 1.807) is 10.4 Å². The zero-order chi connectivity index (χ0) is 22.7. The van der Waals surface area contributed by atoms with Gasteiger partial charge in [-0.2, -0.15) is 4.31 Å². The van der Waals surface area contributed by atoms with Gasteiger partial charge in [0.1, 0.15) is 0 Å². The van der Waals surface area contributed by atoms with Crippen molar-refractivity contribution in [2.24, 2.45) is 0 Å². The highest BCUT2D eigenvalue weighted by Crippen LogP contribution is 2.27. The van der Waals surface area contributed by atoms with Crippen molar-refractivity contribution < 1.29 is 8.42 Å². The smallest absolute Gasteiger partial charge is 0.243 e. The SMILES string of the molecule is O=S(=O)(c1cccc2ccccc12)N(CCc1ccccc1)CCc1c[nH]c2ccccc12. The Bertz CT molecular complexity index is 1490. The highest BCUT2D eigenvalue weighted by molar-refractivity contribution is 7.89. The molecule has 0 fully saturated rings. The van der Waals surface area contributed by atoms with Crippen LogP contribution in [0.5, 0.6) is 0 Å². The number of H-pyrrole nitrogens is 1. The molecule has 5 aromatic rings. The number of benzene rings is 4. The Hall–Kier alpha value is -3.41. The van der Waals surface area contributed by atoms with Gasteiger partial charge in [0.25, 0.3) is 0 Å². The molecule has 4 nitrogen and oxygen atoms in total. The third-order valence-electron chi connectivity index (χ3n) is 6.17. The summed E-state index contributed by atoms with van der Waals surface area (Å²) in [5, 5.41) is 2.83. The van der Waals surface area contributed by atoms with Crippen molar-refractivity contribution in [2.45, 2.75) is 17.7 Å². The number of fused-ring (bicyclic) bond motifs is 2. The average Bonchev–Trinajstić information content (AvgIpc) is 3.27. The summed E-state index contributed by atoms with van der Waals surface area (Å²) in [5.41, 5.74) is 3.33. The van der Waals surface area contributed by atoms with Crippen molar-refractivity contribution in [2.75, 3.05) is 13.1 Å². The molecule has 1 N–H and O–H groups in total. The maximum atomic E-state index is 13.9. The van der Waals surface area contributed by atoms with Crippen LogP contribution in [0.15, 0.2) is 108 Å². The maximum Gasteiger partial charge on any atom is 0.243 e. The van der Waals surface area contributed by atoms with E-state index in [4.69, 9.17) is 0 Å². The number of nitrogens with one attached hydrogen (secondary N) is 1. The van der Waals surface area contributed by atoms with Gasteiger partial charge < -0.3 is 4.98 Å². The maximum absolute atomic E-state index is 13.9. The monoisotopic (exact) mass is 454 g/mol. The molecule has 5 heteroatoms. The van der Waals surface area contributed by atoms with Gasteiger partial charge in [0.2, 0.25) is 10.0 Å². The number of rotatable bonds is 8. The van der Waals surface area contributed by atoms with Crippen molar-refractivity contribution >= 4 is 31.7 Å². The third kappa shape index (κ3) is 4.42. The summed E-state index contributed by atoms with van der Waals surface area (Å²) < 4.78 is 29.5. The first-order valence-electron chi connectivity index (χ1n) is 11.2. The van der Waals surface area contributed by atoms with Crippen LogP contribution in [0.3, 0.4) is 0 Å². The molecule has 0 amide bonds. The van der Waals surface area contributed by atoms with E-state index < -0.39 is 10.0 Å². The molecule has 5 rings (SSSR count). The zero-order valence-corrected chi connectivity index (χ0v) is 19.1. The fraction of sp³-hybridized carbons (Fsp3) is 0.143. The van der Waals surface area contributed by atoms with Crippen molar-refractivity contribution in [3.8, 4) is 0 Å². The van der Waals surface area contributed by atoms with Gasteiger partial charge in [-0.05, 0) is 41.5 Å². The van der Waals surface area contributed by atoms with Crippen LogP contribution in [0.2, 0.25) is 0 Å². The van der Waals surface area contributed by atoms with Crippen molar-refractivity contribution in [1.82, 2.24) is 9.29 Å². The normalized spacial score (nSPS) is 12.0. The van der Waals surface area contributed by atoms with Crippen LogP contribution in [0.1, 0.15) is 11.1 Å². The zero-order valence-electron chi connectivity index (χ0n) is 18.3. The molecule has 33 heavy (non-hydrogen) atoms. The highest BCUT2D eigenvalue weighted by atomic mass is 32.2. The van der Waals surface area contributed by atoms with E-state index in [0.717, 1.165) is 32.8 Å². The van der Waals surface area contributed by atoms with Gasteiger partial charge in [-0.15, -0.1) is 0 Å². The number of aromatic amines is 1. The van der Waals surface area contributed by atoms with Crippen LogP contribution < -0.4 is 0 Å². The molecule has 4 aromatic carbocycles. The van der Waals surface area contributed by atoms with E-state index in [0.29, 0.717) is 30.8 Å². The standard InChI is InChI=1S/C28H26N2O2S/c31-33(32,28-16-8-12-23-11-4-5-14-26(23)28)30(19-17-22-9-2-1-3-10-22)20-18-24-21-29-27-15-7-6-13-25(24)27/h1-16,21,29H,17-20H2. The van der Waals surface area contributed by atoms with E-state index in [1.165, 1.54) is 0 Å². The summed E-state index contributed by atoms with van der Waals surface area (Å²) in [5.74, 6) is 0. The molecule has 0 aliphatic carbocycles. The predicted octanol–water partition coefficient (Wildman–Crippen LogP) is 5.80. The minimum absolute atomic E-state index is 0.368. The minimum atomic E-state index is -3.68. The molecule has 0 aliphatic heterocycles. The molecule has 0 unspecified atom stereocenters. The lowest BCUT2D eigenvalue weighted by Crippen LogP contribution is -2.35. The number of hydrogen-bond acceptors (Lipinski definition) is 2. The first kappa shape index (κ1) is 21.4. The molecule has 1 heterocycles. The second-order valence-corrected chi connectivity index (χ2v) is 10.1. The summed E-state index contributed by atoms with van der Waals surface area (Å²) >= 11 is 0. The van der Waals surface area contributed by atoms with Crippen molar-refractivity contribution in [1.29, 1.82) is 0 Å². The summed E-state index contributed by atoms with van der Waals surface area (Å²) in [6.45, 7) is 0.845. The van der Waals surface area contributed by atoms with E-state index in [-0.39, 0.29) is 0 Å². The van der Waals surface area contributed by atoms with Crippen molar-refractivity contribution in [3.63, 3.8) is 0 Å². The Kier molecular flexibility index (Phi) is 5.99. The number of hydrogen-bond donors (Lipinski definition) is 1. The van der Waals surface area contributed by atoms with E-state index in [9.17, 15) is 8.42 Å². The molecule has 166 valence electrons. The van der Waals surface area contributed by atoms with Gasteiger partial charge in [-0.3, -0.25) is 0 Å². The molecular formula is C28H26N2O2S. The Balaban J connectivity index is 1.48.